The number of rotatable bonds is 8. The molecular weight excluding hydrogens is 204 g/mol. The van der Waals surface area contributed by atoms with Crippen molar-refractivity contribution in [1.82, 2.24) is 10.2 Å². The van der Waals surface area contributed by atoms with Crippen LogP contribution in [0.4, 0.5) is 0 Å². The molecular formula is C12H24N2O2. The van der Waals surface area contributed by atoms with Gasteiger partial charge in [-0.1, -0.05) is 0 Å². The van der Waals surface area contributed by atoms with Crippen molar-refractivity contribution in [2.75, 3.05) is 20.1 Å². The molecule has 0 spiro atoms. The summed E-state index contributed by atoms with van der Waals surface area (Å²) in [4.78, 5) is 13.2. The van der Waals surface area contributed by atoms with E-state index in [1.54, 1.807) is 0 Å². The van der Waals surface area contributed by atoms with Gasteiger partial charge in [0.1, 0.15) is 6.04 Å². The fourth-order valence-electron chi connectivity index (χ4n) is 1.73. The van der Waals surface area contributed by atoms with Gasteiger partial charge < -0.3 is 15.3 Å². The average molecular weight is 228 g/mol. The molecule has 2 N–H and O–H groups in total. The summed E-state index contributed by atoms with van der Waals surface area (Å²) in [6.45, 7) is 6.14. The molecule has 4 heteroatoms. The van der Waals surface area contributed by atoms with Gasteiger partial charge in [0, 0.05) is 6.04 Å². The molecule has 0 saturated heterocycles. The molecule has 0 aliphatic heterocycles. The maximum Gasteiger partial charge on any atom is 0.320 e. The lowest BCUT2D eigenvalue weighted by Crippen LogP contribution is -2.40. The van der Waals surface area contributed by atoms with Crippen LogP contribution in [0.1, 0.15) is 33.1 Å². The highest BCUT2D eigenvalue weighted by Crippen LogP contribution is 2.32. The molecule has 1 aliphatic carbocycles. The Morgan fingerprint density at radius 1 is 1.50 bits per heavy atom. The lowest BCUT2D eigenvalue weighted by molar-refractivity contribution is -0.140. The third kappa shape index (κ3) is 4.49. The second kappa shape index (κ2) is 6.21. The van der Waals surface area contributed by atoms with Crippen LogP contribution in [0.2, 0.25) is 0 Å². The summed E-state index contributed by atoms with van der Waals surface area (Å²) in [6, 6.07) is 0.239. The Hall–Kier alpha value is -0.610. The second-order valence-corrected chi connectivity index (χ2v) is 5.04. The van der Waals surface area contributed by atoms with Crippen LogP contribution in [0.15, 0.2) is 0 Å². The first kappa shape index (κ1) is 13.5. The first-order valence-corrected chi connectivity index (χ1v) is 6.18. The zero-order chi connectivity index (χ0) is 12.1. The number of carboxylic acid groups (broad SMARTS) is 1. The van der Waals surface area contributed by atoms with E-state index in [1.165, 1.54) is 0 Å². The Bertz CT molecular complexity index is 227. The van der Waals surface area contributed by atoms with Gasteiger partial charge in [-0.15, -0.1) is 0 Å². The van der Waals surface area contributed by atoms with E-state index in [-0.39, 0.29) is 6.04 Å². The maximum absolute atomic E-state index is 10.9. The zero-order valence-corrected chi connectivity index (χ0v) is 10.6. The molecule has 0 aromatic carbocycles. The Labute approximate surface area is 98.0 Å². The number of carbonyl (C=O) groups is 1. The first-order valence-electron chi connectivity index (χ1n) is 6.18. The van der Waals surface area contributed by atoms with Crippen molar-refractivity contribution >= 4 is 5.97 Å². The minimum Gasteiger partial charge on any atom is -0.480 e. The zero-order valence-electron chi connectivity index (χ0n) is 10.6. The maximum atomic E-state index is 10.9. The molecule has 4 nitrogen and oxygen atoms in total. The van der Waals surface area contributed by atoms with E-state index >= 15 is 0 Å². The van der Waals surface area contributed by atoms with Crippen LogP contribution < -0.4 is 5.32 Å². The van der Waals surface area contributed by atoms with Gasteiger partial charge in [-0.05, 0) is 59.2 Å². The van der Waals surface area contributed by atoms with Crippen LogP contribution in [0.25, 0.3) is 0 Å². The molecule has 0 heterocycles. The molecule has 1 saturated carbocycles. The molecule has 94 valence electrons. The predicted octanol–water partition coefficient (Wildman–Crippen LogP) is 1.17. The molecule has 0 bridgehead atoms. The van der Waals surface area contributed by atoms with Crippen LogP contribution in [-0.2, 0) is 4.79 Å². The quantitative estimate of drug-likeness (QED) is 0.612. The van der Waals surface area contributed by atoms with Gasteiger partial charge in [0.25, 0.3) is 0 Å². The van der Waals surface area contributed by atoms with Gasteiger partial charge in [0.15, 0.2) is 0 Å². The normalized spacial score (nSPS) is 18.1. The topological polar surface area (TPSA) is 52.6 Å². The summed E-state index contributed by atoms with van der Waals surface area (Å²) in [5.74, 6) is -0.319. The molecule has 1 unspecified atom stereocenters. The molecule has 16 heavy (non-hydrogen) atoms. The van der Waals surface area contributed by atoms with E-state index < -0.39 is 5.97 Å². The van der Waals surface area contributed by atoms with Gasteiger partial charge >= 0.3 is 5.97 Å². The summed E-state index contributed by atoms with van der Waals surface area (Å²) in [6.07, 6.45) is 3.14. The van der Waals surface area contributed by atoms with E-state index in [0.29, 0.717) is 12.0 Å². The lowest BCUT2D eigenvalue weighted by Gasteiger charge is -2.21. The fraction of sp³-hybridized carbons (Fsp3) is 0.917. The highest BCUT2D eigenvalue weighted by Gasteiger charge is 2.35. The van der Waals surface area contributed by atoms with E-state index in [1.807, 2.05) is 0 Å². The van der Waals surface area contributed by atoms with Crippen molar-refractivity contribution in [3.8, 4) is 0 Å². The lowest BCUT2D eigenvalue weighted by atomic mass is 10.2. The second-order valence-electron chi connectivity index (χ2n) is 5.04. The highest BCUT2D eigenvalue weighted by atomic mass is 16.4. The summed E-state index contributed by atoms with van der Waals surface area (Å²) in [5.41, 5.74) is 0. The number of carboxylic acids is 1. The molecule has 0 aromatic heterocycles. The van der Waals surface area contributed by atoms with Crippen molar-refractivity contribution in [3.05, 3.63) is 0 Å². The fourth-order valence-corrected chi connectivity index (χ4v) is 1.73. The summed E-state index contributed by atoms with van der Waals surface area (Å²) >= 11 is 0. The Morgan fingerprint density at radius 2 is 2.12 bits per heavy atom. The Kier molecular flexibility index (Phi) is 5.22. The number of hydrogen-bond donors (Lipinski definition) is 2. The van der Waals surface area contributed by atoms with Crippen LogP contribution in [-0.4, -0.2) is 48.2 Å². The van der Waals surface area contributed by atoms with Crippen molar-refractivity contribution in [3.63, 3.8) is 0 Å². The Morgan fingerprint density at radius 3 is 2.56 bits per heavy atom. The van der Waals surface area contributed by atoms with Crippen LogP contribution in [0.3, 0.4) is 0 Å². The largest absolute Gasteiger partial charge is 0.480 e. The minimum atomic E-state index is -0.695. The standard InChI is InChI=1S/C12H24N2O2/c1-9(2)14(3)8-4-7-13-11(12(15)16)10-5-6-10/h9-11,13H,4-8H2,1-3H3,(H,15,16). The van der Waals surface area contributed by atoms with Crippen molar-refractivity contribution in [2.24, 2.45) is 5.92 Å². The van der Waals surface area contributed by atoms with Crippen LogP contribution in [0.5, 0.6) is 0 Å². The van der Waals surface area contributed by atoms with E-state index in [0.717, 1.165) is 32.4 Å². The summed E-state index contributed by atoms with van der Waals surface area (Å²) < 4.78 is 0. The molecule has 0 aromatic rings. The van der Waals surface area contributed by atoms with Gasteiger partial charge in [0.2, 0.25) is 0 Å². The van der Waals surface area contributed by atoms with Crippen molar-refractivity contribution < 1.29 is 9.90 Å². The Balaban J connectivity index is 2.11. The van der Waals surface area contributed by atoms with Gasteiger partial charge in [-0.3, -0.25) is 4.79 Å². The van der Waals surface area contributed by atoms with Crippen LogP contribution in [0, 0.1) is 5.92 Å². The monoisotopic (exact) mass is 228 g/mol. The molecule has 1 rings (SSSR count). The number of hydrogen-bond acceptors (Lipinski definition) is 3. The highest BCUT2D eigenvalue weighted by molar-refractivity contribution is 5.74. The SMILES string of the molecule is CC(C)N(C)CCCNC(C(=O)O)C1CC1. The van der Waals surface area contributed by atoms with Crippen LogP contribution >= 0.6 is 0 Å². The predicted molar refractivity (Wildman–Crippen MR) is 64.5 cm³/mol. The summed E-state index contributed by atoms with van der Waals surface area (Å²) in [5, 5.41) is 12.2. The van der Waals surface area contributed by atoms with Gasteiger partial charge in [-0.25, -0.2) is 0 Å². The molecule has 1 fully saturated rings. The molecule has 1 atom stereocenters. The molecule has 0 radical (unpaired) electrons. The van der Waals surface area contributed by atoms with Gasteiger partial charge in [-0.2, -0.15) is 0 Å². The minimum absolute atomic E-state index is 0.315. The third-order valence-electron chi connectivity index (χ3n) is 3.29. The molecule has 1 aliphatic rings. The molecule has 0 amide bonds. The average Bonchev–Trinajstić information content (AvgIpc) is 3.00. The third-order valence-corrected chi connectivity index (χ3v) is 3.29. The van der Waals surface area contributed by atoms with E-state index in [4.69, 9.17) is 5.11 Å². The number of aliphatic carboxylic acids is 1. The summed E-state index contributed by atoms with van der Waals surface area (Å²) in [7, 11) is 2.10. The smallest absolute Gasteiger partial charge is 0.320 e. The number of nitrogens with one attached hydrogen (secondary N) is 1. The van der Waals surface area contributed by atoms with Crippen molar-refractivity contribution in [1.29, 1.82) is 0 Å². The first-order chi connectivity index (χ1) is 7.52. The van der Waals surface area contributed by atoms with E-state index in [9.17, 15) is 4.79 Å². The number of nitrogens with zero attached hydrogens (tertiary/aromatic N) is 1. The van der Waals surface area contributed by atoms with Gasteiger partial charge in [0.05, 0.1) is 0 Å². The van der Waals surface area contributed by atoms with E-state index in [2.05, 4.69) is 31.1 Å². The van der Waals surface area contributed by atoms with Crippen molar-refractivity contribution in [2.45, 2.75) is 45.2 Å².